The highest BCUT2D eigenvalue weighted by molar-refractivity contribution is 5.99. The summed E-state index contributed by atoms with van der Waals surface area (Å²) in [6.07, 6.45) is 2.49. The van der Waals surface area contributed by atoms with E-state index in [0.717, 1.165) is 0 Å². The predicted octanol–water partition coefficient (Wildman–Crippen LogP) is 2.18. The Balaban J connectivity index is 3.00. The van der Waals surface area contributed by atoms with Gasteiger partial charge in [0.15, 0.2) is 0 Å². The molecule has 0 saturated carbocycles. The minimum absolute atomic E-state index is 0.128. The third kappa shape index (κ3) is 3.10. The highest BCUT2D eigenvalue weighted by atomic mass is 16.4. The summed E-state index contributed by atoms with van der Waals surface area (Å²) in [4.78, 5) is 22.6. The summed E-state index contributed by atoms with van der Waals surface area (Å²) in [6, 6.07) is 2.89. The molecule has 0 aromatic heterocycles. The first kappa shape index (κ1) is 13.8. The molecule has 0 unspecified atom stereocenters. The maximum atomic E-state index is 11.6. The standard InChI is InChI=1S/C13H16N2O3/c1-3-4-5-11(16)15-12-8(2)9(13(17)18)6-7-10(12)14/h3,6-7H,1,4-5,14H2,2H3,(H,15,16)(H,17,18). The van der Waals surface area contributed by atoms with E-state index in [0.29, 0.717) is 29.8 Å². The van der Waals surface area contributed by atoms with Gasteiger partial charge in [0, 0.05) is 6.42 Å². The molecule has 1 aromatic rings. The van der Waals surface area contributed by atoms with Crippen molar-refractivity contribution in [2.75, 3.05) is 11.1 Å². The highest BCUT2D eigenvalue weighted by Crippen LogP contribution is 2.26. The van der Waals surface area contributed by atoms with Gasteiger partial charge >= 0.3 is 5.97 Å². The van der Waals surface area contributed by atoms with Crippen LogP contribution in [0.2, 0.25) is 0 Å². The molecule has 0 aliphatic carbocycles. The summed E-state index contributed by atoms with van der Waals surface area (Å²) >= 11 is 0. The van der Waals surface area contributed by atoms with E-state index < -0.39 is 5.97 Å². The van der Waals surface area contributed by atoms with Crippen LogP contribution in [-0.4, -0.2) is 17.0 Å². The topological polar surface area (TPSA) is 92.4 Å². The van der Waals surface area contributed by atoms with E-state index in [-0.39, 0.29) is 11.5 Å². The number of carbonyl (C=O) groups is 2. The van der Waals surface area contributed by atoms with Gasteiger partial charge in [-0.25, -0.2) is 4.79 Å². The molecule has 1 rings (SSSR count). The Bertz CT molecular complexity index is 495. The number of nitrogens with one attached hydrogen (secondary N) is 1. The molecule has 4 N–H and O–H groups in total. The van der Waals surface area contributed by atoms with E-state index in [9.17, 15) is 9.59 Å². The molecule has 0 spiro atoms. The van der Waals surface area contributed by atoms with Crippen LogP contribution in [0.1, 0.15) is 28.8 Å². The van der Waals surface area contributed by atoms with Crippen molar-refractivity contribution in [2.24, 2.45) is 0 Å². The zero-order chi connectivity index (χ0) is 13.7. The number of nitrogen functional groups attached to an aromatic ring is 1. The third-order valence-electron chi connectivity index (χ3n) is 2.57. The van der Waals surface area contributed by atoms with Crippen molar-refractivity contribution in [3.8, 4) is 0 Å². The SMILES string of the molecule is C=CCCC(=O)Nc1c(N)ccc(C(=O)O)c1C. The molecule has 1 aromatic carbocycles. The lowest BCUT2D eigenvalue weighted by Crippen LogP contribution is -2.15. The fourth-order valence-corrected chi connectivity index (χ4v) is 1.57. The molecule has 0 fully saturated rings. The molecule has 0 saturated heterocycles. The fourth-order valence-electron chi connectivity index (χ4n) is 1.57. The van der Waals surface area contributed by atoms with Crippen LogP contribution >= 0.6 is 0 Å². The number of rotatable bonds is 5. The van der Waals surface area contributed by atoms with Gasteiger partial charge in [0.25, 0.3) is 0 Å². The van der Waals surface area contributed by atoms with Crippen LogP contribution in [0.25, 0.3) is 0 Å². The molecule has 1 amide bonds. The molecule has 5 heteroatoms. The first-order valence-electron chi connectivity index (χ1n) is 5.50. The summed E-state index contributed by atoms with van der Waals surface area (Å²) < 4.78 is 0. The van der Waals surface area contributed by atoms with Gasteiger partial charge in [-0.2, -0.15) is 0 Å². The lowest BCUT2D eigenvalue weighted by Gasteiger charge is -2.13. The summed E-state index contributed by atoms with van der Waals surface area (Å²) in [5, 5.41) is 11.6. The zero-order valence-electron chi connectivity index (χ0n) is 10.2. The average molecular weight is 248 g/mol. The van der Waals surface area contributed by atoms with E-state index in [1.165, 1.54) is 12.1 Å². The van der Waals surface area contributed by atoms with Gasteiger partial charge in [0.1, 0.15) is 0 Å². The average Bonchev–Trinajstić information content (AvgIpc) is 2.31. The number of hydrogen-bond acceptors (Lipinski definition) is 3. The molecule has 0 bridgehead atoms. The number of aromatic carboxylic acids is 1. The van der Waals surface area contributed by atoms with Gasteiger partial charge in [-0.15, -0.1) is 6.58 Å². The van der Waals surface area contributed by atoms with Crippen molar-refractivity contribution >= 4 is 23.3 Å². The van der Waals surface area contributed by atoms with Crippen molar-refractivity contribution in [2.45, 2.75) is 19.8 Å². The van der Waals surface area contributed by atoms with Crippen molar-refractivity contribution < 1.29 is 14.7 Å². The van der Waals surface area contributed by atoms with Crippen LogP contribution < -0.4 is 11.1 Å². The number of carboxylic acids is 1. The van der Waals surface area contributed by atoms with Gasteiger partial charge < -0.3 is 16.2 Å². The monoisotopic (exact) mass is 248 g/mol. The highest BCUT2D eigenvalue weighted by Gasteiger charge is 2.14. The van der Waals surface area contributed by atoms with Crippen molar-refractivity contribution in [3.05, 3.63) is 35.9 Å². The summed E-state index contributed by atoms with van der Waals surface area (Å²) in [5.41, 5.74) is 7.04. The molecule has 0 radical (unpaired) electrons. The van der Waals surface area contributed by atoms with E-state index >= 15 is 0 Å². The number of hydrogen-bond donors (Lipinski definition) is 3. The van der Waals surface area contributed by atoms with Crippen molar-refractivity contribution in [1.82, 2.24) is 0 Å². The number of nitrogens with two attached hydrogens (primary N) is 1. The number of benzene rings is 1. The summed E-state index contributed by atoms with van der Waals surface area (Å²) in [7, 11) is 0. The van der Waals surface area contributed by atoms with Gasteiger partial charge in [0.05, 0.1) is 16.9 Å². The van der Waals surface area contributed by atoms with Gasteiger partial charge in [-0.1, -0.05) is 6.08 Å². The van der Waals surface area contributed by atoms with E-state index in [1.54, 1.807) is 13.0 Å². The smallest absolute Gasteiger partial charge is 0.336 e. The molecule has 0 atom stereocenters. The van der Waals surface area contributed by atoms with Crippen molar-refractivity contribution in [1.29, 1.82) is 0 Å². The number of amides is 1. The molecule has 96 valence electrons. The minimum Gasteiger partial charge on any atom is -0.478 e. The van der Waals surface area contributed by atoms with Crippen LogP contribution in [0.15, 0.2) is 24.8 Å². The summed E-state index contributed by atoms with van der Waals surface area (Å²) in [5.74, 6) is -1.26. The van der Waals surface area contributed by atoms with Gasteiger partial charge in [-0.3, -0.25) is 4.79 Å². The Morgan fingerprint density at radius 2 is 2.17 bits per heavy atom. The number of allylic oxidation sites excluding steroid dienone is 1. The molecule has 18 heavy (non-hydrogen) atoms. The lowest BCUT2D eigenvalue weighted by atomic mass is 10.0. The first-order chi connectivity index (χ1) is 8.47. The normalized spacial score (nSPS) is 9.83. The van der Waals surface area contributed by atoms with Crippen LogP contribution in [0.5, 0.6) is 0 Å². The van der Waals surface area contributed by atoms with Gasteiger partial charge in [-0.05, 0) is 31.0 Å². The third-order valence-corrected chi connectivity index (χ3v) is 2.57. The van der Waals surface area contributed by atoms with E-state index in [4.69, 9.17) is 10.8 Å². The second-order valence-electron chi connectivity index (χ2n) is 3.88. The number of carbonyl (C=O) groups excluding carboxylic acids is 1. The predicted molar refractivity (Wildman–Crippen MR) is 70.6 cm³/mol. The Morgan fingerprint density at radius 3 is 2.72 bits per heavy atom. The maximum Gasteiger partial charge on any atom is 0.336 e. The molecular weight excluding hydrogens is 232 g/mol. The van der Waals surface area contributed by atoms with Crippen LogP contribution in [0, 0.1) is 6.92 Å². The fraction of sp³-hybridized carbons (Fsp3) is 0.231. The molecule has 5 nitrogen and oxygen atoms in total. The van der Waals surface area contributed by atoms with Crippen LogP contribution in [0.4, 0.5) is 11.4 Å². The minimum atomic E-state index is -1.05. The molecule has 0 aliphatic rings. The zero-order valence-corrected chi connectivity index (χ0v) is 10.2. The maximum absolute atomic E-state index is 11.6. The molecular formula is C13H16N2O3. The Hall–Kier alpha value is -2.30. The van der Waals surface area contributed by atoms with Crippen molar-refractivity contribution in [3.63, 3.8) is 0 Å². The summed E-state index contributed by atoms with van der Waals surface area (Å²) in [6.45, 7) is 5.14. The largest absolute Gasteiger partial charge is 0.478 e. The van der Waals surface area contributed by atoms with E-state index in [1.807, 2.05) is 0 Å². The van der Waals surface area contributed by atoms with E-state index in [2.05, 4.69) is 11.9 Å². The first-order valence-corrected chi connectivity index (χ1v) is 5.50. The van der Waals surface area contributed by atoms with Crippen LogP contribution in [-0.2, 0) is 4.79 Å². The Labute approximate surface area is 105 Å². The molecule has 0 heterocycles. The molecule has 0 aliphatic heterocycles. The Kier molecular flexibility index (Phi) is 4.48. The van der Waals surface area contributed by atoms with Gasteiger partial charge in [0.2, 0.25) is 5.91 Å². The lowest BCUT2D eigenvalue weighted by molar-refractivity contribution is -0.116. The number of anilines is 2. The second kappa shape index (κ2) is 5.86. The van der Waals surface area contributed by atoms with Crippen LogP contribution in [0.3, 0.4) is 0 Å². The number of carboxylic acid groups (broad SMARTS) is 1. The Morgan fingerprint density at radius 1 is 1.50 bits per heavy atom. The second-order valence-corrected chi connectivity index (χ2v) is 3.88. The quantitative estimate of drug-likeness (QED) is 0.550.